The lowest BCUT2D eigenvalue weighted by atomic mass is 10.0. The summed E-state index contributed by atoms with van der Waals surface area (Å²) in [5, 5.41) is 15.2. The van der Waals surface area contributed by atoms with Crippen LogP contribution in [0.25, 0.3) is 0 Å². The van der Waals surface area contributed by atoms with E-state index in [1.54, 1.807) is 0 Å². The quantitative estimate of drug-likeness (QED) is 0.0370. The van der Waals surface area contributed by atoms with Gasteiger partial charge < -0.3 is 48.9 Å². The van der Waals surface area contributed by atoms with Crippen molar-refractivity contribution in [3.05, 3.63) is 153 Å². The fourth-order valence-corrected chi connectivity index (χ4v) is 12.3. The Morgan fingerprint density at radius 1 is 0.596 bits per heavy atom. The third-order valence-electron chi connectivity index (χ3n) is 15.5. The number of hydrogen-bond acceptors (Lipinski definition) is 14. The van der Waals surface area contributed by atoms with Gasteiger partial charge in [0, 0.05) is 83.7 Å². The van der Waals surface area contributed by atoms with Gasteiger partial charge in [0.05, 0.1) is 48.4 Å². The number of nitrogens with zero attached hydrogens (tertiary/aromatic N) is 2. The smallest absolute Gasteiger partial charge is 0.416 e. The molecule has 89 heavy (non-hydrogen) atoms. The van der Waals surface area contributed by atoms with Crippen LogP contribution in [0.3, 0.4) is 0 Å². The van der Waals surface area contributed by atoms with Crippen molar-refractivity contribution in [3.8, 4) is 23.0 Å². The Balaban J connectivity index is 0.000000257. The van der Waals surface area contributed by atoms with Crippen molar-refractivity contribution in [3.63, 3.8) is 0 Å². The van der Waals surface area contributed by atoms with E-state index in [1.165, 1.54) is 98.5 Å². The molecule has 482 valence electrons. The van der Waals surface area contributed by atoms with E-state index in [1.807, 2.05) is 0 Å². The van der Waals surface area contributed by atoms with Crippen molar-refractivity contribution >= 4 is 62.6 Å². The van der Waals surface area contributed by atoms with Crippen LogP contribution >= 0.6 is 0 Å². The lowest BCUT2D eigenvalue weighted by Gasteiger charge is -2.36. The number of benzene rings is 6. The Morgan fingerprint density at radius 2 is 0.989 bits per heavy atom. The van der Waals surface area contributed by atoms with Gasteiger partial charge in [-0.1, -0.05) is 32.9 Å². The zero-order chi connectivity index (χ0) is 65.9. The first-order valence-corrected chi connectivity index (χ1v) is 34.5. The monoisotopic (exact) mass is 1310 g/mol. The van der Waals surface area contributed by atoms with Crippen LogP contribution < -0.4 is 39.4 Å². The van der Waals surface area contributed by atoms with Crippen LogP contribution in [0.2, 0.25) is 18.1 Å². The van der Waals surface area contributed by atoms with Gasteiger partial charge in [0.25, 0.3) is 11.8 Å². The minimum atomic E-state index is -4.64. The summed E-state index contributed by atoms with van der Waals surface area (Å²) in [6.45, 7) is 12.9. The number of carbonyl (C=O) groups is 2. The number of aryl methyl sites for hydroxylation is 2. The lowest BCUT2D eigenvalue weighted by Crippen LogP contribution is -2.41. The number of carbonyl (C=O) groups excluding carboxylic acids is 2. The van der Waals surface area contributed by atoms with Crippen LogP contribution in [-0.4, -0.2) is 108 Å². The largest absolute Gasteiger partial charge is 0.497 e. The second-order valence-electron chi connectivity index (χ2n) is 23.0. The maximum absolute atomic E-state index is 14.7. The summed E-state index contributed by atoms with van der Waals surface area (Å²) >= 11 is 0. The number of amides is 2. The van der Waals surface area contributed by atoms with Gasteiger partial charge in [-0.3, -0.25) is 9.59 Å². The SMILES string of the molecule is COc1cc(NC(C(=O)N2CCc3cc(C)c(C(F)(F)F)cc32)c2ccc(F)cc2OCCO)cc(S(C)(=O)=O)c1.COc1cc(NC(C(=O)N2CCc3cc(C)c(C(F)(F)F)cc32)c2ccc(F)cc2OCCO[Si](C)(C)C(C)(C)C)cc(S(C)(=O)=O)c1. The van der Waals surface area contributed by atoms with Crippen molar-refractivity contribution in [1.29, 1.82) is 0 Å². The van der Waals surface area contributed by atoms with Crippen molar-refractivity contribution < 1.29 is 90.0 Å². The number of fused-ring (bicyclic) bond motifs is 2. The standard InChI is InChI=1S/C34H42F4N2O6SSi.C28H28F4N2O6S/c1-21-15-22-11-12-40(29(22)20-28(21)34(36,37)38)32(41)31(39-24-17-25(44-5)19-26(18-24)47(6,42)43)27-10-9-23(35)16-30(27)45-13-14-46-48(7,8)33(2,3)4;1-16-10-17-6-7-34(24(17)15-23(16)28(30,31)32)27(36)26(22-5-4-18(29)11-25(22)40-9-8-35)33-19-12-20(39-2)14-21(13-19)41(3,37)38/h9-10,15-20,31,39H,11-14H2,1-8H3;4-5,10-15,26,33,35H,6-9H2,1-3H3. The van der Waals surface area contributed by atoms with Gasteiger partial charge in [-0.15, -0.1) is 0 Å². The van der Waals surface area contributed by atoms with Crippen LogP contribution in [0.5, 0.6) is 23.0 Å². The fraction of sp³-hybridized carbons (Fsp3) is 0.387. The molecular formula is C62H70F8N4O12S2Si. The summed E-state index contributed by atoms with van der Waals surface area (Å²) in [5.41, 5.74) is 0.284. The third-order valence-corrected chi connectivity index (χ3v) is 22.2. The molecule has 2 atom stereocenters. The Labute approximate surface area is 513 Å². The van der Waals surface area contributed by atoms with E-state index in [2.05, 4.69) is 44.5 Å². The molecule has 0 aliphatic carbocycles. The highest BCUT2D eigenvalue weighted by molar-refractivity contribution is 7.91. The molecule has 16 nitrogen and oxygen atoms in total. The summed E-state index contributed by atoms with van der Waals surface area (Å²) in [4.78, 5) is 30.9. The van der Waals surface area contributed by atoms with Crippen molar-refractivity contribution in [1.82, 2.24) is 0 Å². The van der Waals surface area contributed by atoms with E-state index in [9.17, 15) is 66.7 Å². The Hall–Kier alpha value is -7.46. The summed E-state index contributed by atoms with van der Waals surface area (Å²) in [7, 11) is -6.87. The molecule has 0 fully saturated rings. The fourth-order valence-electron chi connectivity index (χ4n) is 9.92. The highest BCUT2D eigenvalue weighted by Gasteiger charge is 2.41. The molecule has 6 aromatic rings. The van der Waals surface area contributed by atoms with E-state index in [-0.39, 0.29) is 116 Å². The van der Waals surface area contributed by atoms with E-state index < -0.39 is 93.6 Å². The number of alkyl halides is 6. The number of sulfone groups is 2. The van der Waals surface area contributed by atoms with Crippen LogP contribution in [0, 0.1) is 25.5 Å². The van der Waals surface area contributed by atoms with E-state index in [4.69, 9.17) is 23.4 Å². The van der Waals surface area contributed by atoms with E-state index in [0.717, 1.165) is 48.9 Å². The Kier molecular flexibility index (Phi) is 20.9. The molecule has 2 aliphatic heterocycles. The Morgan fingerprint density at radius 3 is 1.34 bits per heavy atom. The highest BCUT2D eigenvalue weighted by atomic mass is 32.2. The van der Waals surface area contributed by atoms with Crippen LogP contribution in [0.1, 0.15) is 77.4 Å². The number of halogens is 8. The maximum atomic E-state index is 14.7. The van der Waals surface area contributed by atoms with Gasteiger partial charge in [0.2, 0.25) is 0 Å². The van der Waals surface area contributed by atoms with Crippen LogP contribution in [-0.2, 0) is 58.9 Å². The van der Waals surface area contributed by atoms with Gasteiger partial charge in [-0.2, -0.15) is 26.3 Å². The van der Waals surface area contributed by atoms with Crippen molar-refractivity contribution in [2.45, 2.75) is 99.8 Å². The molecule has 0 spiro atoms. The summed E-state index contributed by atoms with van der Waals surface area (Å²) < 4.78 is 190. The number of aliphatic hydroxyl groups is 1. The third kappa shape index (κ3) is 16.5. The molecule has 2 unspecified atom stereocenters. The minimum Gasteiger partial charge on any atom is -0.497 e. The molecule has 0 aromatic heterocycles. The molecule has 0 saturated heterocycles. The molecule has 8 rings (SSSR count). The van der Waals surface area contributed by atoms with E-state index >= 15 is 0 Å². The molecule has 3 N–H and O–H groups in total. The number of methoxy groups -OCH3 is 2. The summed E-state index contributed by atoms with van der Waals surface area (Å²) in [6.07, 6.45) is -6.63. The first-order chi connectivity index (χ1) is 41.3. The predicted octanol–water partition coefficient (Wildman–Crippen LogP) is 12.4. The minimum absolute atomic E-state index is 0.0187. The van der Waals surface area contributed by atoms with Gasteiger partial charge in [0.1, 0.15) is 59.9 Å². The molecule has 6 aromatic carbocycles. The van der Waals surface area contributed by atoms with Crippen molar-refractivity contribution in [2.24, 2.45) is 0 Å². The maximum Gasteiger partial charge on any atom is 0.416 e. The van der Waals surface area contributed by atoms with Gasteiger partial charge in [-0.25, -0.2) is 25.6 Å². The number of ether oxygens (including phenoxy) is 4. The molecule has 27 heteroatoms. The second kappa shape index (κ2) is 26.9. The zero-order valence-electron chi connectivity index (χ0n) is 50.7. The topological polar surface area (TPSA) is 199 Å². The summed E-state index contributed by atoms with van der Waals surface area (Å²) in [5.74, 6) is -2.39. The molecule has 2 aliphatic rings. The predicted molar refractivity (Wildman–Crippen MR) is 323 cm³/mol. The van der Waals surface area contributed by atoms with Crippen LogP contribution in [0.4, 0.5) is 57.9 Å². The first kappa shape index (κ1) is 69.0. The summed E-state index contributed by atoms with van der Waals surface area (Å²) in [6, 6.07) is 17.2. The molecule has 0 bridgehead atoms. The average molecular weight is 1310 g/mol. The van der Waals surface area contributed by atoms with Gasteiger partial charge in [0.15, 0.2) is 28.0 Å². The molecule has 2 heterocycles. The highest BCUT2D eigenvalue weighted by Crippen LogP contribution is 2.44. The molecular weight excluding hydrogens is 1240 g/mol. The lowest BCUT2D eigenvalue weighted by molar-refractivity contribution is -0.138. The number of rotatable bonds is 20. The number of nitrogens with one attached hydrogen (secondary N) is 2. The molecule has 0 radical (unpaired) electrons. The zero-order valence-corrected chi connectivity index (χ0v) is 53.4. The second-order valence-corrected chi connectivity index (χ2v) is 31.8. The number of anilines is 4. The van der Waals surface area contributed by atoms with Gasteiger partial charge >= 0.3 is 12.4 Å². The molecule has 0 saturated carbocycles. The first-order valence-electron chi connectivity index (χ1n) is 27.8. The van der Waals surface area contributed by atoms with E-state index in [0.29, 0.717) is 24.0 Å². The van der Waals surface area contributed by atoms with Gasteiger partial charge in [-0.05, 0) is 128 Å². The normalized spacial score (nSPS) is 14.2. The number of aliphatic hydroxyl groups excluding tert-OH is 1. The molecule has 2 amide bonds. The van der Waals surface area contributed by atoms with Crippen molar-refractivity contribution in [2.75, 3.05) is 86.7 Å². The Bertz CT molecular complexity index is 3860. The average Bonchev–Trinajstić information content (AvgIpc) is 1.80. The van der Waals surface area contributed by atoms with Crippen LogP contribution in [0.15, 0.2) is 107 Å². The number of hydrogen-bond donors (Lipinski definition) is 3.